The third-order valence-corrected chi connectivity index (χ3v) is 3.00. The molecule has 0 saturated carbocycles. The van der Waals surface area contributed by atoms with Gasteiger partial charge in [0.05, 0.1) is 0 Å². The summed E-state index contributed by atoms with van der Waals surface area (Å²) in [6.45, 7) is 3.44. The molecule has 1 saturated heterocycles. The van der Waals surface area contributed by atoms with Crippen molar-refractivity contribution in [3.8, 4) is 0 Å². The van der Waals surface area contributed by atoms with Gasteiger partial charge in [-0.05, 0) is 25.2 Å². The first kappa shape index (κ1) is 13.0. The molecule has 1 aliphatic heterocycles. The first-order valence-corrected chi connectivity index (χ1v) is 6.07. The topological polar surface area (TPSA) is 60.4 Å². The van der Waals surface area contributed by atoms with Crippen molar-refractivity contribution in [1.82, 2.24) is 4.90 Å². The summed E-state index contributed by atoms with van der Waals surface area (Å²) in [5, 5.41) is 10.4. The third kappa shape index (κ3) is 4.64. The summed E-state index contributed by atoms with van der Waals surface area (Å²) in [6.07, 6.45) is 4.82. The molecule has 0 aliphatic carbocycles. The van der Waals surface area contributed by atoms with E-state index in [0.717, 1.165) is 25.9 Å². The van der Waals surface area contributed by atoms with Crippen molar-refractivity contribution in [3.63, 3.8) is 0 Å². The quantitative estimate of drug-likeness (QED) is 0.703. The zero-order chi connectivity index (χ0) is 12.0. The van der Waals surface area contributed by atoms with Crippen molar-refractivity contribution in [2.75, 3.05) is 13.1 Å². The van der Waals surface area contributed by atoms with Crippen molar-refractivity contribution < 1.29 is 14.7 Å². The second-order valence-corrected chi connectivity index (χ2v) is 4.68. The molecule has 0 aromatic rings. The number of carbonyl (C=O) groups is 2. The molecule has 0 N–H and O–H groups in total. The van der Waals surface area contributed by atoms with Crippen molar-refractivity contribution in [1.29, 1.82) is 0 Å². The lowest BCUT2D eigenvalue weighted by Gasteiger charge is -2.22. The molecule has 4 heteroatoms. The Balaban J connectivity index is 2.34. The van der Waals surface area contributed by atoms with Gasteiger partial charge < -0.3 is 14.8 Å². The molecule has 0 aromatic heterocycles. The molecule has 0 unspecified atom stereocenters. The van der Waals surface area contributed by atoms with Gasteiger partial charge in [-0.3, -0.25) is 4.79 Å². The molecule has 0 radical (unpaired) electrons. The Morgan fingerprint density at radius 1 is 1.12 bits per heavy atom. The minimum Gasteiger partial charge on any atom is -0.550 e. The van der Waals surface area contributed by atoms with Crippen LogP contribution in [0.2, 0.25) is 0 Å². The molecular weight excluding hydrogens is 206 g/mol. The number of likely N-dealkylation sites (tertiary alicyclic amines) is 1. The predicted molar refractivity (Wildman–Crippen MR) is 58.5 cm³/mol. The predicted octanol–water partition coefficient (Wildman–Crippen LogP) is 0.555. The summed E-state index contributed by atoms with van der Waals surface area (Å²) in [7, 11) is 0. The largest absolute Gasteiger partial charge is 0.550 e. The van der Waals surface area contributed by atoms with Gasteiger partial charge in [0, 0.05) is 25.5 Å². The van der Waals surface area contributed by atoms with Gasteiger partial charge in [-0.1, -0.05) is 19.8 Å². The van der Waals surface area contributed by atoms with E-state index in [0.29, 0.717) is 6.42 Å². The number of rotatable bonds is 4. The molecule has 1 rings (SSSR count). The van der Waals surface area contributed by atoms with Crippen molar-refractivity contribution in [3.05, 3.63) is 0 Å². The van der Waals surface area contributed by atoms with Crippen LogP contribution in [-0.4, -0.2) is 29.9 Å². The molecule has 1 atom stereocenters. The Bertz CT molecular complexity index is 245. The van der Waals surface area contributed by atoms with E-state index < -0.39 is 5.97 Å². The minimum atomic E-state index is -1.07. The standard InChI is InChI=1S/C12H21NO3/c1-10(9-12(15)16)8-11(14)13-6-4-2-3-5-7-13/h10H,2-9H2,1H3,(H,15,16)/p-1/t10-/m0/s1. The van der Waals surface area contributed by atoms with Gasteiger partial charge in [0.1, 0.15) is 0 Å². The Morgan fingerprint density at radius 2 is 1.69 bits per heavy atom. The average molecular weight is 226 g/mol. The number of amides is 1. The first-order chi connectivity index (χ1) is 7.59. The van der Waals surface area contributed by atoms with E-state index in [2.05, 4.69) is 0 Å². The summed E-state index contributed by atoms with van der Waals surface area (Å²) in [4.78, 5) is 24.1. The number of aliphatic carboxylic acids is 1. The second-order valence-electron chi connectivity index (χ2n) is 4.68. The van der Waals surface area contributed by atoms with Crippen LogP contribution < -0.4 is 5.11 Å². The smallest absolute Gasteiger partial charge is 0.222 e. The van der Waals surface area contributed by atoms with E-state index in [-0.39, 0.29) is 18.2 Å². The second kappa shape index (κ2) is 6.51. The number of carboxylic acids is 1. The maximum Gasteiger partial charge on any atom is 0.222 e. The fraction of sp³-hybridized carbons (Fsp3) is 0.833. The Kier molecular flexibility index (Phi) is 5.29. The lowest BCUT2D eigenvalue weighted by atomic mass is 10.0. The van der Waals surface area contributed by atoms with Crippen LogP contribution in [0.4, 0.5) is 0 Å². The molecule has 1 aliphatic rings. The van der Waals surface area contributed by atoms with Crippen LogP contribution in [0, 0.1) is 5.92 Å². The lowest BCUT2D eigenvalue weighted by Crippen LogP contribution is -2.34. The van der Waals surface area contributed by atoms with E-state index in [9.17, 15) is 14.7 Å². The Hall–Kier alpha value is -1.06. The van der Waals surface area contributed by atoms with Crippen LogP contribution in [0.3, 0.4) is 0 Å². The Labute approximate surface area is 96.6 Å². The van der Waals surface area contributed by atoms with Gasteiger partial charge in [-0.15, -0.1) is 0 Å². The van der Waals surface area contributed by atoms with Crippen molar-refractivity contribution >= 4 is 11.9 Å². The highest BCUT2D eigenvalue weighted by Gasteiger charge is 2.17. The minimum absolute atomic E-state index is 0.0282. The number of carbonyl (C=O) groups excluding carboxylic acids is 2. The molecule has 4 nitrogen and oxygen atoms in total. The van der Waals surface area contributed by atoms with Gasteiger partial charge in [0.25, 0.3) is 0 Å². The van der Waals surface area contributed by atoms with Crippen molar-refractivity contribution in [2.45, 2.75) is 45.4 Å². The monoisotopic (exact) mass is 226 g/mol. The zero-order valence-corrected chi connectivity index (χ0v) is 9.91. The summed E-state index contributed by atoms with van der Waals surface area (Å²) in [6, 6.07) is 0. The Morgan fingerprint density at radius 3 is 2.19 bits per heavy atom. The number of nitrogens with zero attached hydrogens (tertiary/aromatic N) is 1. The van der Waals surface area contributed by atoms with E-state index in [1.165, 1.54) is 12.8 Å². The van der Waals surface area contributed by atoms with Gasteiger partial charge >= 0.3 is 0 Å². The maximum absolute atomic E-state index is 11.9. The van der Waals surface area contributed by atoms with Crippen LogP contribution in [-0.2, 0) is 9.59 Å². The maximum atomic E-state index is 11.9. The summed E-state index contributed by atoms with van der Waals surface area (Å²) < 4.78 is 0. The normalized spacial score (nSPS) is 18.9. The SMILES string of the molecule is C[C@H](CC(=O)[O-])CC(=O)N1CCCCCC1. The van der Waals surface area contributed by atoms with E-state index in [1.54, 1.807) is 6.92 Å². The van der Waals surface area contributed by atoms with Gasteiger partial charge in [-0.2, -0.15) is 0 Å². The summed E-state index contributed by atoms with van der Waals surface area (Å²) >= 11 is 0. The van der Waals surface area contributed by atoms with Crippen LogP contribution >= 0.6 is 0 Å². The highest BCUT2D eigenvalue weighted by Crippen LogP contribution is 2.14. The van der Waals surface area contributed by atoms with E-state index in [4.69, 9.17) is 0 Å². The number of carboxylic acid groups (broad SMARTS) is 1. The molecule has 1 amide bonds. The molecule has 1 heterocycles. The fourth-order valence-corrected chi connectivity index (χ4v) is 2.10. The lowest BCUT2D eigenvalue weighted by molar-refractivity contribution is -0.306. The number of hydrogen-bond donors (Lipinski definition) is 0. The van der Waals surface area contributed by atoms with E-state index >= 15 is 0 Å². The van der Waals surface area contributed by atoms with Gasteiger partial charge in [-0.25, -0.2) is 0 Å². The van der Waals surface area contributed by atoms with E-state index in [1.807, 2.05) is 4.90 Å². The summed E-state index contributed by atoms with van der Waals surface area (Å²) in [5.41, 5.74) is 0. The zero-order valence-electron chi connectivity index (χ0n) is 9.91. The van der Waals surface area contributed by atoms with Crippen LogP contribution in [0.5, 0.6) is 0 Å². The molecule has 0 aromatic carbocycles. The third-order valence-electron chi connectivity index (χ3n) is 3.00. The van der Waals surface area contributed by atoms with Crippen LogP contribution in [0.1, 0.15) is 45.4 Å². The van der Waals surface area contributed by atoms with Gasteiger partial charge in [0.15, 0.2) is 0 Å². The molecular formula is C12H20NO3-. The number of hydrogen-bond acceptors (Lipinski definition) is 3. The first-order valence-electron chi connectivity index (χ1n) is 6.07. The average Bonchev–Trinajstić information content (AvgIpc) is 2.43. The molecule has 16 heavy (non-hydrogen) atoms. The summed E-state index contributed by atoms with van der Waals surface area (Å²) in [5.74, 6) is -1.10. The molecule has 1 fully saturated rings. The highest BCUT2D eigenvalue weighted by atomic mass is 16.4. The van der Waals surface area contributed by atoms with Crippen LogP contribution in [0.15, 0.2) is 0 Å². The van der Waals surface area contributed by atoms with Crippen molar-refractivity contribution in [2.24, 2.45) is 5.92 Å². The van der Waals surface area contributed by atoms with Gasteiger partial charge in [0.2, 0.25) is 5.91 Å². The molecule has 0 spiro atoms. The molecule has 0 bridgehead atoms. The fourth-order valence-electron chi connectivity index (χ4n) is 2.10. The highest BCUT2D eigenvalue weighted by molar-refractivity contribution is 5.77. The van der Waals surface area contributed by atoms with Crippen LogP contribution in [0.25, 0.3) is 0 Å². The molecule has 92 valence electrons.